The number of furan rings is 1. The third-order valence-electron chi connectivity index (χ3n) is 3.23. The Balaban J connectivity index is 2.22. The third-order valence-corrected chi connectivity index (χ3v) is 3.23. The maximum Gasteiger partial charge on any atom is 0.180 e. The van der Waals surface area contributed by atoms with Crippen LogP contribution in [-0.2, 0) is 6.42 Å². The van der Waals surface area contributed by atoms with E-state index in [1.165, 1.54) is 12.3 Å². The number of anilines is 1. The van der Waals surface area contributed by atoms with Crippen LogP contribution in [0.15, 0.2) is 39.5 Å². The first-order chi connectivity index (χ1) is 10.1. The van der Waals surface area contributed by atoms with Crippen LogP contribution in [-0.4, -0.2) is 5.16 Å². The van der Waals surface area contributed by atoms with Crippen molar-refractivity contribution < 1.29 is 17.7 Å². The zero-order valence-electron chi connectivity index (χ0n) is 11.2. The molecule has 2 heterocycles. The van der Waals surface area contributed by atoms with Gasteiger partial charge in [-0.25, -0.2) is 8.78 Å². The second-order valence-electron chi connectivity index (χ2n) is 4.51. The number of hydrogen-bond donors (Lipinski definition) is 1. The second kappa shape index (κ2) is 5.05. The molecule has 4 nitrogen and oxygen atoms in total. The van der Waals surface area contributed by atoms with Gasteiger partial charge in [0.05, 0.1) is 17.4 Å². The van der Waals surface area contributed by atoms with Crippen molar-refractivity contribution in [2.75, 3.05) is 5.73 Å². The molecule has 108 valence electrons. The zero-order valence-corrected chi connectivity index (χ0v) is 11.2. The van der Waals surface area contributed by atoms with Crippen LogP contribution in [0.3, 0.4) is 0 Å². The van der Waals surface area contributed by atoms with Gasteiger partial charge in [-0.1, -0.05) is 12.1 Å². The molecule has 6 heteroatoms. The highest BCUT2D eigenvalue weighted by atomic mass is 19.1. The zero-order chi connectivity index (χ0) is 15.0. The van der Waals surface area contributed by atoms with E-state index in [2.05, 4.69) is 5.16 Å². The van der Waals surface area contributed by atoms with Crippen molar-refractivity contribution in [1.29, 1.82) is 0 Å². The van der Waals surface area contributed by atoms with Gasteiger partial charge in [-0.05, 0) is 18.2 Å². The average molecular weight is 290 g/mol. The van der Waals surface area contributed by atoms with Gasteiger partial charge in [-0.15, -0.1) is 0 Å². The average Bonchev–Trinajstić information content (AvgIpc) is 3.05. The van der Waals surface area contributed by atoms with Crippen molar-refractivity contribution in [3.63, 3.8) is 0 Å². The lowest BCUT2D eigenvalue weighted by Crippen LogP contribution is -1.93. The van der Waals surface area contributed by atoms with E-state index in [1.807, 2.05) is 6.92 Å². The van der Waals surface area contributed by atoms with E-state index in [0.717, 1.165) is 12.1 Å². The third kappa shape index (κ3) is 2.18. The molecule has 0 atom stereocenters. The first kappa shape index (κ1) is 13.4. The number of benzene rings is 1. The van der Waals surface area contributed by atoms with Gasteiger partial charge in [-0.3, -0.25) is 0 Å². The molecule has 2 aromatic heterocycles. The van der Waals surface area contributed by atoms with E-state index in [9.17, 15) is 8.78 Å². The lowest BCUT2D eigenvalue weighted by atomic mass is 10.0. The predicted molar refractivity (Wildman–Crippen MR) is 73.3 cm³/mol. The van der Waals surface area contributed by atoms with Gasteiger partial charge in [0.15, 0.2) is 11.6 Å². The van der Waals surface area contributed by atoms with E-state index >= 15 is 0 Å². The van der Waals surface area contributed by atoms with Crippen LogP contribution >= 0.6 is 0 Å². The fourth-order valence-electron chi connectivity index (χ4n) is 2.26. The summed E-state index contributed by atoms with van der Waals surface area (Å²) in [7, 11) is 0. The fraction of sp³-hybridized carbons (Fsp3) is 0.133. The maximum absolute atomic E-state index is 14.0. The molecule has 0 aliphatic rings. The molecule has 0 aliphatic carbocycles. The summed E-state index contributed by atoms with van der Waals surface area (Å²) >= 11 is 0. The number of aromatic nitrogens is 1. The minimum Gasteiger partial charge on any atom is -0.469 e. The van der Waals surface area contributed by atoms with E-state index < -0.39 is 11.6 Å². The molecule has 0 aliphatic heterocycles. The highest BCUT2D eigenvalue weighted by molar-refractivity contribution is 5.87. The highest BCUT2D eigenvalue weighted by Gasteiger charge is 2.23. The summed E-state index contributed by atoms with van der Waals surface area (Å²) in [6.07, 6.45) is 2.14. The maximum atomic E-state index is 14.0. The van der Waals surface area contributed by atoms with Crippen LogP contribution in [0.1, 0.15) is 12.7 Å². The molecular weight excluding hydrogens is 278 g/mol. The quantitative estimate of drug-likeness (QED) is 0.791. The summed E-state index contributed by atoms with van der Waals surface area (Å²) < 4.78 is 37.6. The number of nitrogen functional groups attached to an aromatic ring is 1. The smallest absolute Gasteiger partial charge is 0.180 e. The summed E-state index contributed by atoms with van der Waals surface area (Å²) in [4.78, 5) is 0. The number of aryl methyl sites for hydroxylation is 1. The normalized spacial score (nSPS) is 11.0. The molecular formula is C15H12F2N2O2. The van der Waals surface area contributed by atoms with E-state index in [1.54, 1.807) is 6.07 Å². The predicted octanol–water partition coefficient (Wildman–Crippen LogP) is 4.02. The molecule has 3 aromatic rings. The van der Waals surface area contributed by atoms with Crippen LogP contribution < -0.4 is 5.73 Å². The van der Waals surface area contributed by atoms with Crippen LogP contribution in [0.4, 0.5) is 14.6 Å². The molecule has 0 radical (unpaired) electrons. The highest BCUT2D eigenvalue weighted by Crippen LogP contribution is 2.39. The summed E-state index contributed by atoms with van der Waals surface area (Å²) in [6, 6.07) is 4.96. The number of hydrogen-bond acceptors (Lipinski definition) is 4. The lowest BCUT2D eigenvalue weighted by Gasteiger charge is -2.04. The molecule has 0 bridgehead atoms. The van der Waals surface area contributed by atoms with Crippen LogP contribution in [0, 0.1) is 11.6 Å². The van der Waals surface area contributed by atoms with Crippen molar-refractivity contribution in [2.45, 2.75) is 13.3 Å². The molecule has 0 saturated heterocycles. The molecule has 0 unspecified atom stereocenters. The second-order valence-corrected chi connectivity index (χ2v) is 4.51. The van der Waals surface area contributed by atoms with Crippen molar-refractivity contribution >= 4 is 5.82 Å². The molecule has 0 fully saturated rings. The Labute approximate surface area is 119 Å². The Hall–Kier alpha value is -2.63. The summed E-state index contributed by atoms with van der Waals surface area (Å²) in [5.74, 6) is -0.365. The monoisotopic (exact) mass is 290 g/mol. The summed E-state index contributed by atoms with van der Waals surface area (Å²) in [5, 5.41) is 3.69. The van der Waals surface area contributed by atoms with Gasteiger partial charge in [-0.2, -0.15) is 0 Å². The molecule has 21 heavy (non-hydrogen) atoms. The summed E-state index contributed by atoms with van der Waals surface area (Å²) in [5.41, 5.74) is 6.86. The van der Waals surface area contributed by atoms with E-state index in [-0.39, 0.29) is 11.4 Å². The number of nitrogens with zero attached hydrogens (tertiary/aromatic N) is 1. The van der Waals surface area contributed by atoms with Crippen molar-refractivity contribution in [1.82, 2.24) is 5.16 Å². The molecule has 0 amide bonds. The lowest BCUT2D eigenvalue weighted by molar-refractivity contribution is 0.433. The summed E-state index contributed by atoms with van der Waals surface area (Å²) in [6.45, 7) is 1.92. The van der Waals surface area contributed by atoms with Crippen LogP contribution in [0.2, 0.25) is 0 Å². The number of nitrogens with two attached hydrogens (primary N) is 1. The van der Waals surface area contributed by atoms with Crippen LogP contribution in [0.5, 0.6) is 0 Å². The Morgan fingerprint density at radius 3 is 2.71 bits per heavy atom. The SMILES string of the molecule is CCc1occc1-c1onc(N)c1-c1ccc(F)cc1F. The fourth-order valence-corrected chi connectivity index (χ4v) is 2.26. The number of halogens is 2. The van der Waals surface area contributed by atoms with Gasteiger partial charge in [0.25, 0.3) is 0 Å². The van der Waals surface area contributed by atoms with Crippen molar-refractivity contribution in [2.24, 2.45) is 0 Å². The van der Waals surface area contributed by atoms with Crippen molar-refractivity contribution in [3.05, 3.63) is 47.9 Å². The molecule has 3 rings (SSSR count). The molecule has 1 aromatic carbocycles. The number of rotatable bonds is 3. The molecule has 0 saturated carbocycles. The first-order valence-corrected chi connectivity index (χ1v) is 6.39. The topological polar surface area (TPSA) is 65.2 Å². The first-order valence-electron chi connectivity index (χ1n) is 6.39. The Bertz CT molecular complexity index is 793. The van der Waals surface area contributed by atoms with Gasteiger partial charge >= 0.3 is 0 Å². The van der Waals surface area contributed by atoms with Gasteiger partial charge in [0.1, 0.15) is 17.4 Å². The largest absolute Gasteiger partial charge is 0.469 e. The van der Waals surface area contributed by atoms with Crippen molar-refractivity contribution in [3.8, 4) is 22.5 Å². The molecule has 0 spiro atoms. The Morgan fingerprint density at radius 1 is 1.19 bits per heavy atom. The van der Waals surface area contributed by atoms with Crippen LogP contribution in [0.25, 0.3) is 22.5 Å². The van der Waals surface area contributed by atoms with E-state index in [4.69, 9.17) is 14.7 Å². The molecule has 2 N–H and O–H groups in total. The minimum absolute atomic E-state index is 0.0405. The van der Waals surface area contributed by atoms with Gasteiger partial charge in [0.2, 0.25) is 0 Å². The standard InChI is InChI=1S/C15H12F2N2O2/c1-2-12-10(5-6-20-12)14-13(15(18)19-21-14)9-4-3-8(16)7-11(9)17/h3-7H,2H2,1H3,(H2,18,19). The van der Waals surface area contributed by atoms with Gasteiger partial charge in [0, 0.05) is 18.1 Å². The Morgan fingerprint density at radius 2 is 2.00 bits per heavy atom. The van der Waals surface area contributed by atoms with E-state index in [0.29, 0.717) is 29.1 Å². The minimum atomic E-state index is -0.729. The Kier molecular flexibility index (Phi) is 3.21. The van der Waals surface area contributed by atoms with Gasteiger partial charge < -0.3 is 14.7 Å².